The van der Waals surface area contributed by atoms with Crippen LogP contribution in [0, 0.1) is 69.5 Å². The summed E-state index contributed by atoms with van der Waals surface area (Å²) in [6, 6.07) is 29.0. The number of esters is 1. The Labute approximate surface area is 262 Å². The Hall–Kier alpha value is -6.91. The number of carbonyl (C=O) groups excluding carboxylic acids is 1. The molecule has 0 amide bonds. The van der Waals surface area contributed by atoms with E-state index in [1.807, 2.05) is 18.2 Å². The molecule has 4 aromatic carbocycles. The zero-order valence-electron chi connectivity index (χ0n) is 23.7. The van der Waals surface area contributed by atoms with Gasteiger partial charge in [-0.3, -0.25) is 0 Å². The Morgan fingerprint density at radius 3 is 1.26 bits per heavy atom. The highest BCUT2D eigenvalue weighted by Crippen LogP contribution is 2.26. The van der Waals surface area contributed by atoms with E-state index in [1.165, 1.54) is 0 Å². The van der Waals surface area contributed by atoms with Gasteiger partial charge in [-0.05, 0) is 84.9 Å². The molecule has 0 aromatic heterocycles. The first-order valence-electron chi connectivity index (χ1n) is 13.3. The van der Waals surface area contributed by atoms with Gasteiger partial charge in [0.25, 0.3) is 0 Å². The number of carbonyl (C=O) groups is 1. The van der Waals surface area contributed by atoms with E-state index in [4.69, 9.17) is 20.5 Å². The van der Waals surface area contributed by atoms with E-state index in [9.17, 15) is 18.0 Å². The summed E-state index contributed by atoms with van der Waals surface area (Å²) in [5.74, 6) is 15.8. The Balaban J connectivity index is 1.80. The van der Waals surface area contributed by atoms with Crippen molar-refractivity contribution >= 4 is 5.97 Å². The van der Waals surface area contributed by atoms with Gasteiger partial charge in [0.1, 0.15) is 13.2 Å². The third-order valence-electron chi connectivity index (χ3n) is 5.96. The van der Waals surface area contributed by atoms with E-state index < -0.39 is 25.4 Å². The quantitative estimate of drug-likeness (QED) is 0.160. The molecule has 0 aliphatic rings. The first-order valence-corrected chi connectivity index (χ1v) is 13.3. The molecule has 0 saturated carbocycles. The van der Waals surface area contributed by atoms with Crippen molar-refractivity contribution in [2.24, 2.45) is 0 Å². The molecule has 0 N–H and O–H groups in total. The van der Waals surface area contributed by atoms with Crippen LogP contribution in [0.15, 0.2) is 84.9 Å². The van der Waals surface area contributed by atoms with Gasteiger partial charge in [0, 0.05) is 22.3 Å². The summed E-state index contributed by atoms with van der Waals surface area (Å²) in [5, 5.41) is 27.2. The van der Waals surface area contributed by atoms with Crippen molar-refractivity contribution in [3.05, 3.63) is 135 Å². The first kappa shape index (κ1) is 32.0. The predicted octanol–water partition coefficient (Wildman–Crippen LogP) is 5.99. The van der Waals surface area contributed by atoms with Crippen LogP contribution in [0.2, 0.25) is 0 Å². The molecule has 6 nitrogen and oxygen atoms in total. The van der Waals surface area contributed by atoms with Crippen LogP contribution < -0.4 is 4.74 Å². The fourth-order valence-corrected chi connectivity index (χ4v) is 3.71. The van der Waals surface area contributed by atoms with Crippen molar-refractivity contribution in [2.75, 3.05) is 13.2 Å². The van der Waals surface area contributed by atoms with Crippen LogP contribution in [-0.2, 0) is 9.53 Å². The summed E-state index contributed by atoms with van der Waals surface area (Å²) in [6.07, 6.45) is -5.15. The lowest BCUT2D eigenvalue weighted by atomic mass is 10.0. The second kappa shape index (κ2) is 15.0. The SMILES string of the molecule is N#Cc1ccc(C#Cc2cc(C#Cc3ccc(C#N)cc3)c(OCCOC(=O)C(F)(F)F)c(C#Cc3ccc(C#N)cc3)c2)cc1. The van der Waals surface area contributed by atoms with Gasteiger partial charge in [0.2, 0.25) is 0 Å². The number of benzene rings is 4. The van der Waals surface area contributed by atoms with Crippen molar-refractivity contribution < 1.29 is 27.4 Å². The normalized spacial score (nSPS) is 9.74. The monoisotopic (exact) mass is 609 g/mol. The second-order valence-electron chi connectivity index (χ2n) is 9.20. The second-order valence-corrected chi connectivity index (χ2v) is 9.20. The predicted molar refractivity (Wildman–Crippen MR) is 160 cm³/mol. The van der Waals surface area contributed by atoms with Gasteiger partial charge in [-0.25, -0.2) is 4.79 Å². The van der Waals surface area contributed by atoms with Crippen molar-refractivity contribution in [2.45, 2.75) is 6.18 Å². The molecule has 0 radical (unpaired) electrons. The number of rotatable bonds is 4. The summed E-state index contributed by atoms with van der Waals surface area (Å²) in [7, 11) is 0. The van der Waals surface area contributed by atoms with E-state index in [0.717, 1.165) is 0 Å². The van der Waals surface area contributed by atoms with Crippen molar-refractivity contribution in [3.8, 4) is 59.5 Å². The minimum absolute atomic E-state index is 0.120. The van der Waals surface area contributed by atoms with Crippen molar-refractivity contribution in [3.63, 3.8) is 0 Å². The van der Waals surface area contributed by atoms with E-state index in [0.29, 0.717) is 50.1 Å². The number of ether oxygens (including phenoxy) is 2. The maximum atomic E-state index is 12.6. The number of nitrogens with zero attached hydrogens (tertiary/aromatic N) is 3. The van der Waals surface area contributed by atoms with Crippen LogP contribution in [0.5, 0.6) is 5.75 Å². The number of halogens is 3. The number of nitriles is 3. The zero-order chi connectivity index (χ0) is 32.9. The maximum absolute atomic E-state index is 12.6. The zero-order valence-corrected chi connectivity index (χ0v) is 23.7. The largest absolute Gasteiger partial charge is 0.490 e. The molecule has 9 heteroatoms. The van der Waals surface area contributed by atoms with E-state index in [-0.39, 0.29) is 5.75 Å². The molecule has 4 rings (SSSR count). The standard InChI is InChI=1S/C37H18F3N3O3/c38-37(39,40)36(44)46-20-19-45-35-33(17-15-27-3-10-30(24-42)11-4-27)21-32(14-7-26-1-8-29(23-41)9-2-26)22-34(35)18-16-28-5-12-31(25-43)13-6-28/h1-6,8-13,21-22H,19-20H2. The van der Waals surface area contributed by atoms with E-state index in [2.05, 4.69) is 40.3 Å². The van der Waals surface area contributed by atoms with E-state index >= 15 is 0 Å². The molecule has 0 unspecified atom stereocenters. The summed E-state index contributed by atoms with van der Waals surface area (Å²) < 4.78 is 47.9. The topological polar surface area (TPSA) is 107 Å². The molecule has 0 spiro atoms. The Morgan fingerprint density at radius 1 is 0.543 bits per heavy atom. The minimum Gasteiger partial charge on any atom is -0.487 e. The van der Waals surface area contributed by atoms with Crippen LogP contribution in [0.25, 0.3) is 0 Å². The third kappa shape index (κ3) is 9.04. The number of alkyl halides is 3. The molecule has 0 atom stereocenters. The van der Waals surface area contributed by atoms with Crippen molar-refractivity contribution in [1.82, 2.24) is 0 Å². The summed E-state index contributed by atoms with van der Waals surface area (Å²) >= 11 is 0. The highest BCUT2D eigenvalue weighted by molar-refractivity contribution is 5.75. The van der Waals surface area contributed by atoms with Crippen LogP contribution in [0.1, 0.15) is 50.1 Å². The molecule has 220 valence electrons. The summed E-state index contributed by atoms with van der Waals surface area (Å²) in [5.41, 5.74) is 4.23. The van der Waals surface area contributed by atoms with E-state index in [1.54, 1.807) is 84.9 Å². The Morgan fingerprint density at radius 2 is 0.891 bits per heavy atom. The molecular weight excluding hydrogens is 591 g/mol. The lowest BCUT2D eigenvalue weighted by Crippen LogP contribution is -2.27. The fourth-order valence-electron chi connectivity index (χ4n) is 3.71. The molecule has 0 bridgehead atoms. The van der Waals surface area contributed by atoms with Crippen LogP contribution in [-0.4, -0.2) is 25.4 Å². The fraction of sp³-hybridized carbons (Fsp3) is 0.0811. The summed E-state index contributed by atoms with van der Waals surface area (Å²) in [6.45, 7) is -1.13. The van der Waals surface area contributed by atoms with Crippen LogP contribution >= 0.6 is 0 Å². The van der Waals surface area contributed by atoms with Gasteiger partial charge in [-0.2, -0.15) is 29.0 Å². The minimum atomic E-state index is -5.15. The highest BCUT2D eigenvalue weighted by Gasteiger charge is 2.40. The van der Waals surface area contributed by atoms with Gasteiger partial charge < -0.3 is 9.47 Å². The lowest BCUT2D eigenvalue weighted by molar-refractivity contribution is -0.200. The lowest BCUT2D eigenvalue weighted by Gasteiger charge is -2.12. The maximum Gasteiger partial charge on any atom is 0.490 e. The molecular formula is C37H18F3N3O3. The Bertz CT molecular complexity index is 1980. The van der Waals surface area contributed by atoms with Gasteiger partial charge in [0.15, 0.2) is 5.75 Å². The average Bonchev–Trinajstić information content (AvgIpc) is 3.07. The van der Waals surface area contributed by atoms with Gasteiger partial charge >= 0.3 is 12.1 Å². The molecule has 0 fully saturated rings. The number of hydrogen-bond acceptors (Lipinski definition) is 6. The molecule has 0 aliphatic heterocycles. The van der Waals surface area contributed by atoms with Gasteiger partial charge in [-0.1, -0.05) is 35.5 Å². The molecule has 0 heterocycles. The van der Waals surface area contributed by atoms with Crippen molar-refractivity contribution in [1.29, 1.82) is 15.8 Å². The highest BCUT2D eigenvalue weighted by atomic mass is 19.4. The molecule has 4 aromatic rings. The summed E-state index contributed by atoms with van der Waals surface area (Å²) in [4.78, 5) is 11.2. The van der Waals surface area contributed by atoms with Gasteiger partial charge in [-0.15, -0.1) is 0 Å². The van der Waals surface area contributed by atoms with Crippen LogP contribution in [0.4, 0.5) is 13.2 Å². The average molecular weight is 610 g/mol. The smallest absolute Gasteiger partial charge is 0.487 e. The number of hydrogen-bond donors (Lipinski definition) is 0. The van der Waals surface area contributed by atoms with Crippen LogP contribution in [0.3, 0.4) is 0 Å². The third-order valence-corrected chi connectivity index (χ3v) is 5.96. The molecule has 0 saturated heterocycles. The first-order chi connectivity index (χ1) is 22.2. The van der Waals surface area contributed by atoms with Gasteiger partial charge in [0.05, 0.1) is 46.0 Å². The Kier molecular flexibility index (Phi) is 10.4. The molecule has 46 heavy (non-hydrogen) atoms. The molecule has 0 aliphatic carbocycles.